The second kappa shape index (κ2) is 9.80. The monoisotopic (exact) mass is 585 g/mol. The van der Waals surface area contributed by atoms with E-state index in [9.17, 15) is 15.3 Å². The van der Waals surface area contributed by atoms with Crippen LogP contribution in [0.4, 0.5) is 0 Å². The van der Waals surface area contributed by atoms with Gasteiger partial charge in [-0.05, 0) is 114 Å². The molecule has 3 saturated carbocycles. The van der Waals surface area contributed by atoms with Crippen molar-refractivity contribution in [2.45, 2.75) is 97.8 Å². The first-order chi connectivity index (χ1) is 20.2. The molecule has 3 aromatic rings. The fourth-order valence-corrected chi connectivity index (χ4v) is 10.4. The van der Waals surface area contributed by atoms with Crippen molar-refractivity contribution < 1.29 is 25.2 Å². The van der Waals surface area contributed by atoms with E-state index in [2.05, 4.69) is 51.9 Å². The second-order valence-electron chi connectivity index (χ2n) is 15.1. The van der Waals surface area contributed by atoms with Gasteiger partial charge in [0.25, 0.3) is 6.47 Å². The van der Waals surface area contributed by atoms with Crippen LogP contribution in [0.2, 0.25) is 0 Å². The predicted octanol–water partition coefficient (Wildman–Crippen LogP) is 8.67. The topological polar surface area (TPSA) is 114 Å². The van der Waals surface area contributed by atoms with Crippen LogP contribution in [0.3, 0.4) is 0 Å². The Morgan fingerprint density at radius 3 is 2.42 bits per heavy atom. The Bertz CT molecular complexity index is 1640. The smallest absolute Gasteiger partial charge is 0.290 e. The minimum atomic E-state index is -0.250. The summed E-state index contributed by atoms with van der Waals surface area (Å²) in [6.07, 6.45) is 13.4. The van der Waals surface area contributed by atoms with E-state index in [-0.39, 0.29) is 45.9 Å². The molecule has 7 rings (SSSR count). The average Bonchev–Trinajstić information content (AvgIpc) is 3.37. The van der Waals surface area contributed by atoms with Crippen molar-refractivity contribution in [3.63, 3.8) is 0 Å². The molecule has 5 N–H and O–H groups in total. The van der Waals surface area contributed by atoms with Gasteiger partial charge in [0.1, 0.15) is 5.75 Å². The summed E-state index contributed by atoms with van der Waals surface area (Å²) in [5.74, 6) is 1.65. The maximum absolute atomic E-state index is 11.0. The first-order valence-electron chi connectivity index (χ1n) is 15.9. The highest BCUT2D eigenvalue weighted by Gasteiger charge is 2.65. The molecular weight excluding hydrogens is 538 g/mol. The van der Waals surface area contributed by atoms with E-state index in [4.69, 9.17) is 9.90 Å². The third-order valence-corrected chi connectivity index (χ3v) is 13.1. The summed E-state index contributed by atoms with van der Waals surface area (Å²) < 4.78 is 0. The molecule has 6 heteroatoms. The fourth-order valence-electron chi connectivity index (χ4n) is 10.4. The van der Waals surface area contributed by atoms with Crippen molar-refractivity contribution in [2.24, 2.45) is 28.1 Å². The lowest BCUT2D eigenvalue weighted by Gasteiger charge is -2.69. The maximum atomic E-state index is 11.0. The number of benzene rings is 2. The minimum Gasteiger partial charge on any atom is -0.508 e. The zero-order chi connectivity index (χ0) is 31.1. The number of H-pyrrole nitrogens is 1. The van der Waals surface area contributed by atoms with Gasteiger partial charge in [0.15, 0.2) is 11.5 Å². The largest absolute Gasteiger partial charge is 0.508 e. The molecule has 6 nitrogen and oxygen atoms in total. The number of aromatic hydroxyl groups is 3. The molecule has 0 radical (unpaired) electrons. The molecule has 0 spiro atoms. The van der Waals surface area contributed by atoms with Gasteiger partial charge in [-0.3, -0.25) is 4.79 Å². The number of allylic oxidation sites excluding steroid dienone is 2. The van der Waals surface area contributed by atoms with Gasteiger partial charge in [-0.2, -0.15) is 0 Å². The Kier molecular flexibility index (Phi) is 6.76. The summed E-state index contributed by atoms with van der Waals surface area (Å²) in [6, 6.07) is 7.42. The van der Waals surface area contributed by atoms with Crippen LogP contribution in [0.15, 0.2) is 42.1 Å². The molecule has 4 aliphatic rings. The lowest BCUT2D eigenvalue weighted by Crippen LogP contribution is -2.61. The van der Waals surface area contributed by atoms with E-state index in [1.807, 2.05) is 19.1 Å². The molecule has 0 amide bonds. The van der Waals surface area contributed by atoms with E-state index < -0.39 is 0 Å². The van der Waals surface area contributed by atoms with Crippen molar-refractivity contribution in [3.05, 3.63) is 64.4 Å². The number of aromatic nitrogens is 1. The molecule has 7 atom stereocenters. The van der Waals surface area contributed by atoms with Crippen molar-refractivity contribution in [1.82, 2.24) is 4.98 Å². The summed E-state index contributed by atoms with van der Waals surface area (Å²) in [5, 5.41) is 40.0. The van der Waals surface area contributed by atoms with Crippen molar-refractivity contribution in [2.75, 3.05) is 0 Å². The summed E-state index contributed by atoms with van der Waals surface area (Å²) in [4.78, 5) is 11.8. The van der Waals surface area contributed by atoms with Gasteiger partial charge < -0.3 is 25.4 Å². The quantitative estimate of drug-likeness (QED) is 0.111. The Morgan fingerprint density at radius 2 is 1.70 bits per heavy atom. The van der Waals surface area contributed by atoms with Crippen LogP contribution in [-0.4, -0.2) is 31.9 Å². The van der Waals surface area contributed by atoms with Crippen LogP contribution < -0.4 is 0 Å². The molecule has 1 unspecified atom stereocenters. The Labute approximate surface area is 254 Å². The lowest BCUT2D eigenvalue weighted by molar-refractivity contribution is -0.145. The molecule has 0 bridgehead atoms. The molecule has 4 aliphatic carbocycles. The van der Waals surface area contributed by atoms with Gasteiger partial charge in [-0.1, -0.05) is 52.7 Å². The number of carbonyl (C=O) groups is 1. The van der Waals surface area contributed by atoms with Crippen molar-refractivity contribution >= 4 is 17.4 Å². The summed E-state index contributed by atoms with van der Waals surface area (Å²) in [5.41, 5.74) is 7.12. The molecule has 0 saturated heterocycles. The number of hydrogen-bond acceptors (Lipinski definition) is 4. The van der Waals surface area contributed by atoms with Gasteiger partial charge in [0.05, 0.1) is 0 Å². The van der Waals surface area contributed by atoms with Gasteiger partial charge in [0.2, 0.25) is 0 Å². The third kappa shape index (κ3) is 4.00. The molecule has 1 heterocycles. The maximum Gasteiger partial charge on any atom is 0.290 e. The van der Waals surface area contributed by atoms with Crippen LogP contribution >= 0.6 is 0 Å². The number of carboxylic acid groups (broad SMARTS) is 1. The van der Waals surface area contributed by atoms with Gasteiger partial charge in [-0.25, -0.2) is 0 Å². The molecule has 43 heavy (non-hydrogen) atoms. The number of fused-ring (bicyclic) bond motifs is 8. The van der Waals surface area contributed by atoms with E-state index in [1.165, 1.54) is 49.7 Å². The van der Waals surface area contributed by atoms with Crippen LogP contribution in [0, 0.1) is 35.0 Å². The Balaban J connectivity index is 0.00000105. The second-order valence-corrected chi connectivity index (χ2v) is 15.1. The first-order valence-corrected chi connectivity index (χ1v) is 15.9. The third-order valence-electron chi connectivity index (χ3n) is 13.1. The van der Waals surface area contributed by atoms with Crippen LogP contribution in [-0.2, 0) is 10.2 Å². The van der Waals surface area contributed by atoms with E-state index >= 15 is 0 Å². The SMILES string of the molecule is Cc1c(O)c(O)cc2c1C(c1c[nH]c3cc(O)ccc13)C=C1[C@@]2(C)CC[C@@]2(C)[C@@H]3C[C@@H](C)CC[C@]3(C)CC[C@]12C.O=CO. The number of phenols is 3. The predicted molar refractivity (Wildman–Crippen MR) is 170 cm³/mol. The highest BCUT2D eigenvalue weighted by Crippen LogP contribution is 2.74. The molecule has 3 fully saturated rings. The lowest BCUT2D eigenvalue weighted by atomic mass is 9.35. The summed E-state index contributed by atoms with van der Waals surface area (Å²) in [6.45, 7) is 14.3. The normalized spacial score (nSPS) is 36.2. The van der Waals surface area contributed by atoms with Gasteiger partial charge in [-0.15, -0.1) is 0 Å². The standard InChI is InChI=1S/C36H45NO3.CH2O2/c1-20-9-10-33(3)11-13-36(6)30-17-24(25-19-37-27-16-22(38)7-8-23(25)27)31-21(2)32(40)28(39)18-26(31)34(30,4)12-14-35(36,5)29(33)15-20;2-1-3/h7-8,16-20,24,29,37-40H,9-15H2,1-6H3;1H,(H,2,3)/t20-,24?,29+,33+,34-,35-,36+;/m0./s1. The van der Waals surface area contributed by atoms with Gasteiger partial charge >= 0.3 is 0 Å². The number of aromatic amines is 1. The number of nitrogens with one attached hydrogen (secondary N) is 1. The molecule has 2 aromatic carbocycles. The van der Waals surface area contributed by atoms with E-state index in [1.54, 1.807) is 12.1 Å². The highest BCUT2D eigenvalue weighted by molar-refractivity contribution is 5.86. The first kappa shape index (κ1) is 29.7. The Morgan fingerprint density at radius 1 is 0.977 bits per heavy atom. The average molecular weight is 586 g/mol. The molecular formula is C37H47NO5. The van der Waals surface area contributed by atoms with Crippen LogP contribution in [0.1, 0.15) is 108 Å². The van der Waals surface area contributed by atoms with E-state index in [0.29, 0.717) is 11.3 Å². The number of hydrogen-bond donors (Lipinski definition) is 5. The van der Waals surface area contributed by atoms with E-state index in [0.717, 1.165) is 39.9 Å². The zero-order valence-corrected chi connectivity index (χ0v) is 26.4. The minimum absolute atomic E-state index is 0.0156. The highest BCUT2D eigenvalue weighted by atomic mass is 16.3. The fraction of sp³-hybridized carbons (Fsp3) is 0.541. The van der Waals surface area contributed by atoms with Crippen molar-refractivity contribution in [1.29, 1.82) is 0 Å². The van der Waals surface area contributed by atoms with Crippen LogP contribution in [0.5, 0.6) is 17.2 Å². The van der Waals surface area contributed by atoms with Crippen LogP contribution in [0.25, 0.3) is 10.9 Å². The number of phenolic OH excluding ortho intramolecular Hbond substituents is 3. The zero-order valence-electron chi connectivity index (χ0n) is 26.4. The Hall–Kier alpha value is -3.41. The summed E-state index contributed by atoms with van der Waals surface area (Å²) >= 11 is 0. The molecule has 0 aliphatic heterocycles. The van der Waals surface area contributed by atoms with Gasteiger partial charge in [0, 0.05) is 34.5 Å². The van der Waals surface area contributed by atoms with Crippen molar-refractivity contribution in [3.8, 4) is 17.2 Å². The number of rotatable bonds is 1. The molecule has 1 aromatic heterocycles. The molecule has 230 valence electrons. The summed E-state index contributed by atoms with van der Waals surface area (Å²) in [7, 11) is 0.